The van der Waals surface area contributed by atoms with Crippen molar-refractivity contribution in [1.82, 2.24) is 5.32 Å². The zero-order chi connectivity index (χ0) is 13.8. The van der Waals surface area contributed by atoms with Crippen LogP contribution in [0.5, 0.6) is 0 Å². The normalized spacial score (nSPS) is 12.1. The Hall–Kier alpha value is -1.94. The van der Waals surface area contributed by atoms with Crippen molar-refractivity contribution in [2.24, 2.45) is 5.73 Å². The molecule has 0 aliphatic rings. The minimum atomic E-state index is -0.275. The van der Waals surface area contributed by atoms with E-state index in [1.165, 1.54) is 5.39 Å². The van der Waals surface area contributed by atoms with Gasteiger partial charge in [0.05, 0.1) is 17.5 Å². The van der Waals surface area contributed by atoms with E-state index >= 15 is 0 Å². The van der Waals surface area contributed by atoms with E-state index in [9.17, 15) is 4.79 Å². The molecular formula is C15H16N2OS. The summed E-state index contributed by atoms with van der Waals surface area (Å²) in [5, 5.41) is 5.07. The molecule has 0 saturated heterocycles. The number of amides is 1. The monoisotopic (exact) mass is 272 g/mol. The standard InChI is InChI=1S/C15H16N2OS/c1-10(15(16)19)17-14(18)9-11-6-7-12-4-2-3-5-13(12)8-11/h2-8,10H,9H2,1H3,(H2,16,19)(H,17,18). The molecule has 0 aliphatic carbocycles. The van der Waals surface area contributed by atoms with Gasteiger partial charge in [0.15, 0.2) is 0 Å². The molecule has 19 heavy (non-hydrogen) atoms. The van der Waals surface area contributed by atoms with E-state index in [1.807, 2.05) is 42.5 Å². The van der Waals surface area contributed by atoms with Gasteiger partial charge >= 0.3 is 0 Å². The van der Waals surface area contributed by atoms with Gasteiger partial charge in [0, 0.05) is 0 Å². The summed E-state index contributed by atoms with van der Waals surface area (Å²) in [6.45, 7) is 1.78. The number of benzene rings is 2. The fourth-order valence-corrected chi connectivity index (χ4v) is 1.96. The fraction of sp³-hybridized carbons (Fsp3) is 0.200. The molecule has 1 atom stereocenters. The smallest absolute Gasteiger partial charge is 0.224 e. The molecule has 3 N–H and O–H groups in total. The molecule has 1 unspecified atom stereocenters. The molecule has 2 aromatic rings. The van der Waals surface area contributed by atoms with E-state index in [-0.39, 0.29) is 11.9 Å². The first-order valence-electron chi connectivity index (χ1n) is 6.12. The second kappa shape index (κ2) is 5.80. The topological polar surface area (TPSA) is 55.1 Å². The minimum absolute atomic E-state index is 0.0735. The van der Waals surface area contributed by atoms with Crippen molar-refractivity contribution < 1.29 is 4.79 Å². The molecule has 98 valence electrons. The molecular weight excluding hydrogens is 256 g/mol. The van der Waals surface area contributed by atoms with Crippen LogP contribution in [0.25, 0.3) is 10.8 Å². The van der Waals surface area contributed by atoms with Crippen LogP contribution in [0.2, 0.25) is 0 Å². The van der Waals surface area contributed by atoms with Crippen molar-refractivity contribution >= 4 is 33.9 Å². The highest BCUT2D eigenvalue weighted by Gasteiger charge is 2.10. The number of carbonyl (C=O) groups is 1. The van der Waals surface area contributed by atoms with E-state index in [0.717, 1.165) is 10.9 Å². The van der Waals surface area contributed by atoms with Crippen LogP contribution in [-0.2, 0) is 11.2 Å². The van der Waals surface area contributed by atoms with Gasteiger partial charge in [-0.05, 0) is 23.3 Å². The first kappa shape index (κ1) is 13.5. The molecule has 0 bridgehead atoms. The summed E-state index contributed by atoms with van der Waals surface area (Å²) < 4.78 is 0. The number of nitrogens with two attached hydrogens (primary N) is 1. The number of nitrogens with one attached hydrogen (secondary N) is 1. The van der Waals surface area contributed by atoms with Crippen molar-refractivity contribution in [1.29, 1.82) is 0 Å². The Bertz CT molecular complexity index is 624. The Balaban J connectivity index is 2.09. The third-order valence-corrected chi connectivity index (χ3v) is 3.34. The molecule has 0 heterocycles. The molecule has 0 saturated carbocycles. The van der Waals surface area contributed by atoms with E-state index in [2.05, 4.69) is 5.32 Å². The first-order chi connectivity index (χ1) is 9.06. The molecule has 1 amide bonds. The van der Waals surface area contributed by atoms with Crippen LogP contribution < -0.4 is 11.1 Å². The summed E-state index contributed by atoms with van der Waals surface area (Å²) >= 11 is 4.83. The van der Waals surface area contributed by atoms with Gasteiger partial charge in [-0.1, -0.05) is 54.7 Å². The highest BCUT2D eigenvalue weighted by atomic mass is 32.1. The maximum atomic E-state index is 11.8. The number of rotatable bonds is 4. The van der Waals surface area contributed by atoms with Crippen LogP contribution in [0.3, 0.4) is 0 Å². The molecule has 0 spiro atoms. The van der Waals surface area contributed by atoms with E-state index < -0.39 is 0 Å². The first-order valence-corrected chi connectivity index (χ1v) is 6.53. The van der Waals surface area contributed by atoms with Crippen molar-refractivity contribution in [2.45, 2.75) is 19.4 Å². The van der Waals surface area contributed by atoms with Gasteiger partial charge in [0.2, 0.25) is 5.91 Å². The molecule has 2 aromatic carbocycles. The lowest BCUT2D eigenvalue weighted by atomic mass is 10.0. The number of thiocarbonyl (C=S) groups is 1. The maximum absolute atomic E-state index is 11.8. The summed E-state index contributed by atoms with van der Waals surface area (Å²) in [6, 6.07) is 13.8. The third-order valence-electron chi connectivity index (χ3n) is 2.98. The van der Waals surface area contributed by atoms with Gasteiger partial charge in [0.25, 0.3) is 0 Å². The van der Waals surface area contributed by atoms with Crippen LogP contribution >= 0.6 is 12.2 Å². The van der Waals surface area contributed by atoms with Gasteiger partial charge in [-0.25, -0.2) is 0 Å². The lowest BCUT2D eigenvalue weighted by molar-refractivity contribution is -0.120. The van der Waals surface area contributed by atoms with Crippen molar-refractivity contribution in [2.75, 3.05) is 0 Å². The lowest BCUT2D eigenvalue weighted by Gasteiger charge is -2.12. The predicted octanol–water partition coefficient (Wildman–Crippen LogP) is 2.17. The van der Waals surface area contributed by atoms with Crippen molar-refractivity contribution in [3.63, 3.8) is 0 Å². The number of hydrogen-bond acceptors (Lipinski definition) is 2. The van der Waals surface area contributed by atoms with Crippen LogP contribution in [0.4, 0.5) is 0 Å². The highest BCUT2D eigenvalue weighted by Crippen LogP contribution is 2.15. The molecule has 0 fully saturated rings. The van der Waals surface area contributed by atoms with E-state index in [4.69, 9.17) is 18.0 Å². The second-order valence-electron chi connectivity index (χ2n) is 4.55. The zero-order valence-electron chi connectivity index (χ0n) is 10.7. The summed E-state index contributed by atoms with van der Waals surface area (Å²) in [5.74, 6) is -0.0735. The van der Waals surface area contributed by atoms with Gasteiger partial charge < -0.3 is 11.1 Å². The van der Waals surface area contributed by atoms with Crippen molar-refractivity contribution in [3.05, 3.63) is 48.0 Å². The number of hydrogen-bond donors (Lipinski definition) is 2. The van der Waals surface area contributed by atoms with Gasteiger partial charge in [-0.3, -0.25) is 4.79 Å². The second-order valence-corrected chi connectivity index (χ2v) is 5.02. The Morgan fingerprint density at radius 3 is 2.63 bits per heavy atom. The Morgan fingerprint density at radius 2 is 1.95 bits per heavy atom. The minimum Gasteiger partial charge on any atom is -0.392 e. The van der Waals surface area contributed by atoms with Crippen molar-refractivity contribution in [3.8, 4) is 0 Å². The molecule has 4 heteroatoms. The summed E-state index contributed by atoms with van der Waals surface area (Å²) in [5.41, 5.74) is 6.45. The molecule has 0 aliphatic heterocycles. The molecule has 0 radical (unpaired) electrons. The third kappa shape index (κ3) is 3.51. The Labute approximate surface area is 117 Å². The summed E-state index contributed by atoms with van der Waals surface area (Å²) in [4.78, 5) is 12.1. The molecule has 2 rings (SSSR count). The average Bonchev–Trinajstić information content (AvgIpc) is 2.38. The number of carbonyl (C=O) groups excluding carboxylic acids is 1. The van der Waals surface area contributed by atoms with E-state index in [0.29, 0.717) is 11.4 Å². The molecule has 0 aromatic heterocycles. The maximum Gasteiger partial charge on any atom is 0.224 e. The largest absolute Gasteiger partial charge is 0.392 e. The highest BCUT2D eigenvalue weighted by molar-refractivity contribution is 7.80. The summed E-state index contributed by atoms with van der Waals surface area (Å²) in [6.07, 6.45) is 0.331. The molecule has 3 nitrogen and oxygen atoms in total. The quantitative estimate of drug-likeness (QED) is 0.839. The average molecular weight is 272 g/mol. The SMILES string of the molecule is CC(NC(=O)Cc1ccc2ccccc2c1)C(N)=S. The Morgan fingerprint density at radius 1 is 1.26 bits per heavy atom. The van der Waals surface area contributed by atoms with Gasteiger partial charge in [-0.15, -0.1) is 0 Å². The van der Waals surface area contributed by atoms with Crippen LogP contribution in [-0.4, -0.2) is 16.9 Å². The predicted molar refractivity (Wildman–Crippen MR) is 82.0 cm³/mol. The summed E-state index contributed by atoms with van der Waals surface area (Å²) in [7, 11) is 0. The van der Waals surface area contributed by atoms with E-state index in [1.54, 1.807) is 6.92 Å². The van der Waals surface area contributed by atoms with Gasteiger partial charge in [0.1, 0.15) is 0 Å². The fourth-order valence-electron chi connectivity index (χ4n) is 1.90. The van der Waals surface area contributed by atoms with Crippen LogP contribution in [0.1, 0.15) is 12.5 Å². The number of fused-ring (bicyclic) bond motifs is 1. The van der Waals surface area contributed by atoms with Gasteiger partial charge in [-0.2, -0.15) is 0 Å². The van der Waals surface area contributed by atoms with Crippen LogP contribution in [0, 0.1) is 0 Å². The lowest BCUT2D eigenvalue weighted by Crippen LogP contribution is -2.41. The Kier molecular flexibility index (Phi) is 4.12. The van der Waals surface area contributed by atoms with Crippen LogP contribution in [0.15, 0.2) is 42.5 Å². The zero-order valence-corrected chi connectivity index (χ0v) is 11.5.